The van der Waals surface area contributed by atoms with Crippen LogP contribution in [0, 0.1) is 5.82 Å². The first-order valence-electron chi connectivity index (χ1n) is 9.13. The quantitative estimate of drug-likeness (QED) is 0.548. The number of aliphatic carboxylic acids is 1. The van der Waals surface area contributed by atoms with Crippen molar-refractivity contribution >= 4 is 29.3 Å². The molecule has 0 spiro atoms. The zero-order valence-corrected chi connectivity index (χ0v) is 16.8. The number of carbonyl (C=O) groups excluding carboxylic acids is 1. The standard InChI is InChI=1S/C21H23ClF2N2O3/c1-12(23)9-14-5-3-4-6-16(14)13(2)19(11-20(27)28)26-21(29)25-18-8-7-15(22)10-17(18)24/h3-8,10,12-13,19H,9,11H2,1-2H3,(H,27,28)(H2,25,26,29)/t12-,13?,19?/m0/s1. The lowest BCUT2D eigenvalue weighted by Crippen LogP contribution is -2.42. The van der Waals surface area contributed by atoms with Crippen LogP contribution in [0.3, 0.4) is 0 Å². The van der Waals surface area contributed by atoms with Gasteiger partial charge in [0.15, 0.2) is 0 Å². The topological polar surface area (TPSA) is 78.4 Å². The summed E-state index contributed by atoms with van der Waals surface area (Å²) in [6, 6.07) is 9.38. The van der Waals surface area contributed by atoms with Crippen molar-refractivity contribution in [3.8, 4) is 0 Å². The van der Waals surface area contributed by atoms with Crippen molar-refractivity contribution in [2.45, 2.75) is 44.8 Å². The van der Waals surface area contributed by atoms with E-state index in [9.17, 15) is 23.5 Å². The minimum absolute atomic E-state index is 0.0831. The lowest BCUT2D eigenvalue weighted by Gasteiger charge is -2.26. The minimum Gasteiger partial charge on any atom is -0.481 e. The van der Waals surface area contributed by atoms with Crippen LogP contribution in [0.25, 0.3) is 0 Å². The predicted molar refractivity (Wildman–Crippen MR) is 109 cm³/mol. The molecule has 0 aliphatic carbocycles. The number of alkyl halides is 1. The number of benzene rings is 2. The average molecular weight is 425 g/mol. The first kappa shape index (κ1) is 22.6. The Labute approximate surface area is 173 Å². The molecule has 0 aliphatic rings. The van der Waals surface area contributed by atoms with Gasteiger partial charge in [-0.2, -0.15) is 0 Å². The van der Waals surface area contributed by atoms with Crippen LogP contribution in [0.5, 0.6) is 0 Å². The third-order valence-electron chi connectivity index (χ3n) is 4.54. The van der Waals surface area contributed by atoms with Crippen molar-refractivity contribution in [3.63, 3.8) is 0 Å². The first-order chi connectivity index (χ1) is 13.7. The van der Waals surface area contributed by atoms with E-state index >= 15 is 0 Å². The molecule has 29 heavy (non-hydrogen) atoms. The van der Waals surface area contributed by atoms with Crippen LogP contribution < -0.4 is 10.6 Å². The van der Waals surface area contributed by atoms with E-state index in [2.05, 4.69) is 10.6 Å². The summed E-state index contributed by atoms with van der Waals surface area (Å²) in [6.07, 6.45) is -1.23. The predicted octanol–water partition coefficient (Wildman–Crippen LogP) is 5.15. The molecule has 2 aromatic carbocycles. The van der Waals surface area contributed by atoms with Crippen molar-refractivity contribution in [2.24, 2.45) is 0 Å². The number of hydrogen-bond acceptors (Lipinski definition) is 2. The molecule has 0 saturated carbocycles. The molecule has 2 unspecified atom stereocenters. The van der Waals surface area contributed by atoms with Crippen molar-refractivity contribution in [3.05, 3.63) is 64.4 Å². The molecule has 0 radical (unpaired) electrons. The Morgan fingerprint density at radius 3 is 2.48 bits per heavy atom. The number of nitrogens with one attached hydrogen (secondary N) is 2. The summed E-state index contributed by atoms with van der Waals surface area (Å²) >= 11 is 5.69. The summed E-state index contributed by atoms with van der Waals surface area (Å²) in [5.74, 6) is -2.23. The van der Waals surface area contributed by atoms with E-state index in [4.69, 9.17) is 11.6 Å². The van der Waals surface area contributed by atoms with Gasteiger partial charge in [0.25, 0.3) is 0 Å². The summed E-state index contributed by atoms with van der Waals surface area (Å²) in [4.78, 5) is 23.7. The monoisotopic (exact) mass is 424 g/mol. The second-order valence-corrected chi connectivity index (χ2v) is 7.34. The molecule has 0 fully saturated rings. The van der Waals surface area contributed by atoms with Gasteiger partial charge in [-0.05, 0) is 36.2 Å². The molecule has 0 aliphatic heterocycles. The van der Waals surface area contributed by atoms with Gasteiger partial charge in [0.2, 0.25) is 0 Å². The number of rotatable bonds is 8. The molecule has 0 aromatic heterocycles. The number of carboxylic acids is 1. The summed E-state index contributed by atoms with van der Waals surface area (Å²) in [5.41, 5.74) is 1.41. The number of halogens is 3. The molecule has 0 heterocycles. The molecular formula is C21H23ClF2N2O3. The number of carbonyl (C=O) groups is 2. The lowest BCUT2D eigenvalue weighted by atomic mass is 9.86. The molecule has 0 bridgehead atoms. The van der Waals surface area contributed by atoms with Crippen LogP contribution in [0.15, 0.2) is 42.5 Å². The Bertz CT molecular complexity index is 877. The van der Waals surface area contributed by atoms with Gasteiger partial charge >= 0.3 is 12.0 Å². The fraction of sp³-hybridized carbons (Fsp3) is 0.333. The Balaban J connectivity index is 2.20. The van der Waals surface area contributed by atoms with E-state index in [0.717, 1.165) is 17.2 Å². The van der Waals surface area contributed by atoms with Gasteiger partial charge in [-0.1, -0.05) is 42.8 Å². The molecule has 3 N–H and O–H groups in total. The van der Waals surface area contributed by atoms with Gasteiger partial charge in [0, 0.05) is 23.4 Å². The lowest BCUT2D eigenvalue weighted by molar-refractivity contribution is -0.137. The highest BCUT2D eigenvalue weighted by Gasteiger charge is 2.26. The summed E-state index contributed by atoms with van der Waals surface area (Å²) in [6.45, 7) is 3.21. The highest BCUT2D eigenvalue weighted by molar-refractivity contribution is 6.30. The largest absolute Gasteiger partial charge is 0.481 e. The second-order valence-electron chi connectivity index (χ2n) is 6.90. The van der Waals surface area contributed by atoms with Crippen LogP contribution in [0.4, 0.5) is 19.3 Å². The van der Waals surface area contributed by atoms with Crippen molar-refractivity contribution in [1.82, 2.24) is 5.32 Å². The zero-order chi connectivity index (χ0) is 21.6. The van der Waals surface area contributed by atoms with Gasteiger partial charge in [0.05, 0.1) is 12.1 Å². The first-order valence-corrected chi connectivity index (χ1v) is 9.51. The van der Waals surface area contributed by atoms with E-state index in [0.29, 0.717) is 0 Å². The molecule has 8 heteroatoms. The molecule has 2 rings (SSSR count). The van der Waals surface area contributed by atoms with Crippen LogP contribution in [0.1, 0.15) is 37.3 Å². The maximum absolute atomic E-state index is 13.9. The fourth-order valence-electron chi connectivity index (χ4n) is 3.14. The van der Waals surface area contributed by atoms with Crippen molar-refractivity contribution in [1.29, 1.82) is 0 Å². The van der Waals surface area contributed by atoms with Crippen molar-refractivity contribution < 1.29 is 23.5 Å². The molecule has 5 nitrogen and oxygen atoms in total. The van der Waals surface area contributed by atoms with E-state index < -0.39 is 35.9 Å². The number of anilines is 1. The fourth-order valence-corrected chi connectivity index (χ4v) is 3.30. The van der Waals surface area contributed by atoms with E-state index in [-0.39, 0.29) is 23.6 Å². The highest BCUT2D eigenvalue weighted by atomic mass is 35.5. The van der Waals surface area contributed by atoms with E-state index in [1.165, 1.54) is 19.1 Å². The maximum Gasteiger partial charge on any atom is 0.319 e. The van der Waals surface area contributed by atoms with Crippen LogP contribution in [-0.2, 0) is 11.2 Å². The number of amides is 2. The van der Waals surface area contributed by atoms with Gasteiger partial charge in [-0.15, -0.1) is 0 Å². The third-order valence-corrected chi connectivity index (χ3v) is 4.78. The summed E-state index contributed by atoms with van der Waals surface area (Å²) < 4.78 is 27.4. The van der Waals surface area contributed by atoms with Crippen LogP contribution >= 0.6 is 11.6 Å². The Kier molecular flexibility index (Phi) is 7.96. The number of carboxylic acid groups (broad SMARTS) is 1. The zero-order valence-electron chi connectivity index (χ0n) is 16.1. The molecule has 2 amide bonds. The van der Waals surface area contributed by atoms with E-state index in [1.807, 2.05) is 0 Å². The normalized spacial score (nSPS) is 14.0. The van der Waals surface area contributed by atoms with Crippen LogP contribution in [-0.4, -0.2) is 29.3 Å². The van der Waals surface area contributed by atoms with Gasteiger partial charge < -0.3 is 15.7 Å². The third kappa shape index (κ3) is 6.71. The smallest absolute Gasteiger partial charge is 0.319 e. The molecule has 3 atom stereocenters. The molecule has 2 aromatic rings. The average Bonchev–Trinajstić information content (AvgIpc) is 2.62. The summed E-state index contributed by atoms with van der Waals surface area (Å²) in [7, 11) is 0. The van der Waals surface area contributed by atoms with Gasteiger partial charge in [-0.25, -0.2) is 13.6 Å². The second kappa shape index (κ2) is 10.2. The SMILES string of the molecule is CC(c1ccccc1C[C@H](C)F)C(CC(=O)O)NC(=O)Nc1ccc(Cl)cc1F. The van der Waals surface area contributed by atoms with E-state index in [1.54, 1.807) is 31.2 Å². The van der Waals surface area contributed by atoms with Gasteiger partial charge in [-0.3, -0.25) is 4.79 Å². The molecular weight excluding hydrogens is 402 g/mol. The number of hydrogen-bond donors (Lipinski definition) is 3. The Morgan fingerprint density at radius 2 is 1.86 bits per heavy atom. The minimum atomic E-state index is -1.10. The summed E-state index contributed by atoms with van der Waals surface area (Å²) in [5, 5.41) is 14.4. The van der Waals surface area contributed by atoms with Crippen LogP contribution in [0.2, 0.25) is 5.02 Å². The highest BCUT2D eigenvalue weighted by Crippen LogP contribution is 2.27. The Hall–Kier alpha value is -2.67. The maximum atomic E-state index is 13.9. The van der Waals surface area contributed by atoms with Gasteiger partial charge in [0.1, 0.15) is 12.0 Å². The molecule has 0 saturated heterocycles. The van der Waals surface area contributed by atoms with Crippen molar-refractivity contribution in [2.75, 3.05) is 5.32 Å². The number of urea groups is 1. The Morgan fingerprint density at radius 1 is 1.17 bits per heavy atom. The molecule has 156 valence electrons.